The van der Waals surface area contributed by atoms with Gasteiger partial charge in [0, 0.05) is 24.7 Å². The molecule has 2 heterocycles. The average molecular weight is 528 g/mol. The highest BCUT2D eigenvalue weighted by molar-refractivity contribution is 7.89. The summed E-state index contributed by atoms with van der Waals surface area (Å²) in [6.45, 7) is 6.34. The molecule has 0 saturated carbocycles. The monoisotopic (exact) mass is 527 g/mol. The van der Waals surface area contributed by atoms with Crippen LogP contribution in [0.4, 0.5) is 0 Å². The molecule has 0 spiro atoms. The molecule has 0 radical (unpaired) electrons. The van der Waals surface area contributed by atoms with E-state index in [0.29, 0.717) is 36.6 Å². The van der Waals surface area contributed by atoms with Gasteiger partial charge in [0.05, 0.1) is 5.92 Å². The van der Waals surface area contributed by atoms with Gasteiger partial charge in [-0.1, -0.05) is 64.8 Å². The van der Waals surface area contributed by atoms with Crippen LogP contribution in [0.2, 0.25) is 5.02 Å². The third kappa shape index (κ3) is 5.72. The number of aromatic nitrogens is 1. The van der Waals surface area contributed by atoms with E-state index >= 15 is 0 Å². The lowest BCUT2D eigenvalue weighted by Crippen LogP contribution is -2.45. The Hall–Kier alpha value is -2.94. The Bertz CT molecular complexity index is 1400. The van der Waals surface area contributed by atoms with E-state index in [1.165, 1.54) is 4.31 Å². The first-order valence-electron chi connectivity index (χ1n) is 11.9. The molecule has 1 atom stereocenters. The molecular formula is C27H30ClN3O4S. The van der Waals surface area contributed by atoms with Gasteiger partial charge in [-0.15, -0.1) is 0 Å². The zero-order valence-corrected chi connectivity index (χ0v) is 22.2. The number of benzene rings is 2. The minimum absolute atomic E-state index is 0.0428. The Morgan fingerprint density at radius 3 is 2.75 bits per heavy atom. The van der Waals surface area contributed by atoms with Crippen molar-refractivity contribution in [3.63, 3.8) is 0 Å². The molecule has 1 aliphatic rings. The van der Waals surface area contributed by atoms with Crippen molar-refractivity contribution in [2.24, 2.45) is 5.92 Å². The molecule has 7 nitrogen and oxygen atoms in total. The quantitative estimate of drug-likeness (QED) is 0.459. The van der Waals surface area contributed by atoms with E-state index in [2.05, 4.69) is 10.5 Å². The lowest BCUT2D eigenvalue weighted by atomic mass is 9.99. The van der Waals surface area contributed by atoms with Gasteiger partial charge in [-0.05, 0) is 62.4 Å². The van der Waals surface area contributed by atoms with Crippen molar-refractivity contribution in [2.45, 2.75) is 45.1 Å². The number of sulfonamides is 1. The van der Waals surface area contributed by atoms with Crippen LogP contribution in [0, 0.1) is 26.7 Å². The lowest BCUT2D eigenvalue weighted by Gasteiger charge is -2.31. The Kier molecular flexibility index (Phi) is 7.97. The second-order valence-corrected chi connectivity index (χ2v) is 11.4. The summed E-state index contributed by atoms with van der Waals surface area (Å²) in [5, 5.41) is 7.41. The Morgan fingerprint density at radius 1 is 1.19 bits per heavy atom. The normalized spacial score (nSPS) is 16.9. The highest BCUT2D eigenvalue weighted by atomic mass is 35.5. The van der Waals surface area contributed by atoms with Crippen LogP contribution in [0.1, 0.15) is 46.5 Å². The first-order chi connectivity index (χ1) is 17.2. The minimum Gasteiger partial charge on any atom is -0.355 e. The van der Waals surface area contributed by atoms with E-state index in [1.807, 2.05) is 56.3 Å². The maximum Gasteiger partial charge on any atom is 0.248 e. The molecular weight excluding hydrogens is 498 g/mol. The molecule has 3 aromatic rings. The van der Waals surface area contributed by atoms with Crippen molar-refractivity contribution >= 4 is 39.7 Å². The molecule has 4 rings (SSSR count). The summed E-state index contributed by atoms with van der Waals surface area (Å²) in [7, 11) is -3.92. The number of rotatable bonds is 7. The van der Waals surface area contributed by atoms with E-state index in [1.54, 1.807) is 19.1 Å². The summed E-state index contributed by atoms with van der Waals surface area (Å²) < 4.78 is 34.1. The van der Waals surface area contributed by atoms with Gasteiger partial charge in [-0.25, -0.2) is 8.42 Å². The SMILES string of the molecule is Cc1ccc(C)c(C=Cc2onc(C)c2S(=O)(=O)N2CCCC(C(=O)NCc3ccccc3Cl)C2)c1. The van der Waals surface area contributed by atoms with Crippen LogP contribution in [0.3, 0.4) is 0 Å². The summed E-state index contributed by atoms with van der Waals surface area (Å²) in [5.74, 6) is -0.462. The highest BCUT2D eigenvalue weighted by Crippen LogP contribution is 2.29. The molecule has 1 unspecified atom stereocenters. The lowest BCUT2D eigenvalue weighted by molar-refractivity contribution is -0.126. The molecule has 36 heavy (non-hydrogen) atoms. The number of hydrogen-bond acceptors (Lipinski definition) is 5. The van der Waals surface area contributed by atoms with E-state index in [-0.39, 0.29) is 23.1 Å². The molecule has 0 bridgehead atoms. The number of amides is 1. The molecule has 1 saturated heterocycles. The van der Waals surface area contributed by atoms with Crippen molar-refractivity contribution in [3.05, 3.63) is 81.2 Å². The van der Waals surface area contributed by atoms with Crippen LogP contribution in [0.15, 0.2) is 51.9 Å². The van der Waals surface area contributed by atoms with E-state index < -0.39 is 15.9 Å². The first-order valence-corrected chi connectivity index (χ1v) is 13.7. The van der Waals surface area contributed by atoms with Gasteiger partial charge in [0.1, 0.15) is 5.69 Å². The molecule has 9 heteroatoms. The number of nitrogens with one attached hydrogen (secondary N) is 1. The number of piperidine rings is 1. The Morgan fingerprint density at radius 2 is 1.97 bits per heavy atom. The smallest absolute Gasteiger partial charge is 0.248 e. The van der Waals surface area contributed by atoms with Gasteiger partial charge in [0.25, 0.3) is 0 Å². The van der Waals surface area contributed by atoms with Crippen LogP contribution in [0.5, 0.6) is 0 Å². The van der Waals surface area contributed by atoms with E-state index in [4.69, 9.17) is 16.1 Å². The molecule has 1 aliphatic heterocycles. The Balaban J connectivity index is 1.51. The second-order valence-electron chi connectivity index (χ2n) is 9.17. The fourth-order valence-corrected chi connectivity index (χ4v) is 6.35. The topological polar surface area (TPSA) is 92.5 Å². The van der Waals surface area contributed by atoms with Crippen LogP contribution >= 0.6 is 11.6 Å². The maximum absolute atomic E-state index is 13.7. The largest absolute Gasteiger partial charge is 0.355 e. The van der Waals surface area contributed by atoms with Crippen LogP contribution in [-0.4, -0.2) is 36.9 Å². The number of carbonyl (C=O) groups excluding carboxylic acids is 1. The van der Waals surface area contributed by atoms with Gasteiger partial charge in [-0.3, -0.25) is 4.79 Å². The maximum atomic E-state index is 13.7. The van der Waals surface area contributed by atoms with Crippen molar-refractivity contribution in [2.75, 3.05) is 13.1 Å². The molecule has 0 aliphatic carbocycles. The molecule has 190 valence electrons. The summed E-state index contributed by atoms with van der Waals surface area (Å²) in [6, 6.07) is 13.4. The number of aryl methyl sites for hydroxylation is 3. The van der Waals surface area contributed by atoms with Crippen molar-refractivity contribution < 1.29 is 17.7 Å². The second kappa shape index (κ2) is 11.0. The summed E-state index contributed by atoms with van der Waals surface area (Å²) in [5.41, 5.74) is 4.25. The molecule has 1 amide bonds. The third-order valence-corrected chi connectivity index (χ3v) is 8.84. The van der Waals surface area contributed by atoms with Gasteiger partial charge >= 0.3 is 0 Å². The minimum atomic E-state index is -3.92. The number of carbonyl (C=O) groups is 1. The summed E-state index contributed by atoms with van der Waals surface area (Å²) >= 11 is 6.19. The predicted molar refractivity (Wildman–Crippen MR) is 141 cm³/mol. The first kappa shape index (κ1) is 26.1. The zero-order chi connectivity index (χ0) is 25.9. The molecule has 2 aromatic carbocycles. The van der Waals surface area contributed by atoms with Crippen LogP contribution < -0.4 is 5.32 Å². The summed E-state index contributed by atoms with van der Waals surface area (Å²) in [4.78, 5) is 12.9. The third-order valence-electron chi connectivity index (χ3n) is 6.45. The number of hydrogen-bond donors (Lipinski definition) is 1. The standard InChI is InChI=1S/C27H30ClN3O4S/c1-18-10-11-19(2)21(15-18)12-13-25-26(20(3)30-35-25)36(33,34)31-14-6-8-23(17-31)27(32)29-16-22-7-4-5-9-24(22)28/h4-5,7,9-13,15,23H,6,8,14,16-17H2,1-3H3,(H,29,32). The van der Waals surface area contributed by atoms with Gasteiger partial charge < -0.3 is 9.84 Å². The van der Waals surface area contributed by atoms with Gasteiger partial charge in [0.15, 0.2) is 10.7 Å². The van der Waals surface area contributed by atoms with E-state index in [9.17, 15) is 13.2 Å². The fraction of sp³-hybridized carbons (Fsp3) is 0.333. The average Bonchev–Trinajstić information content (AvgIpc) is 3.25. The predicted octanol–water partition coefficient (Wildman–Crippen LogP) is 5.14. The van der Waals surface area contributed by atoms with Gasteiger partial charge in [-0.2, -0.15) is 4.31 Å². The van der Waals surface area contributed by atoms with Gasteiger partial charge in [0.2, 0.25) is 15.9 Å². The molecule has 1 aromatic heterocycles. The summed E-state index contributed by atoms with van der Waals surface area (Å²) in [6.07, 6.45) is 4.68. The van der Waals surface area contributed by atoms with Crippen LogP contribution in [-0.2, 0) is 21.4 Å². The zero-order valence-electron chi connectivity index (χ0n) is 20.6. The van der Waals surface area contributed by atoms with E-state index in [0.717, 1.165) is 22.3 Å². The molecule has 1 fully saturated rings. The Labute approximate surface area is 217 Å². The fourth-order valence-electron chi connectivity index (χ4n) is 4.38. The number of nitrogens with zero attached hydrogens (tertiary/aromatic N) is 2. The number of halogens is 1. The molecule has 1 N–H and O–H groups in total. The van der Waals surface area contributed by atoms with Crippen molar-refractivity contribution in [1.82, 2.24) is 14.8 Å². The highest BCUT2D eigenvalue weighted by Gasteiger charge is 2.36. The van der Waals surface area contributed by atoms with Crippen molar-refractivity contribution in [1.29, 1.82) is 0 Å². The van der Waals surface area contributed by atoms with Crippen LogP contribution in [0.25, 0.3) is 12.2 Å². The van der Waals surface area contributed by atoms with Crippen molar-refractivity contribution in [3.8, 4) is 0 Å².